The van der Waals surface area contributed by atoms with Gasteiger partial charge in [0.2, 0.25) is 15.9 Å². The molecule has 1 aromatic heterocycles. The number of hydrogen-bond acceptors (Lipinski definition) is 5. The molecule has 0 saturated carbocycles. The van der Waals surface area contributed by atoms with Crippen LogP contribution >= 0.6 is 15.9 Å². The summed E-state index contributed by atoms with van der Waals surface area (Å²) in [4.78, 5) is 24.5. The number of rotatable bonds is 7. The zero-order chi connectivity index (χ0) is 21.7. The van der Waals surface area contributed by atoms with Gasteiger partial charge in [0.15, 0.2) is 5.76 Å². The van der Waals surface area contributed by atoms with Crippen LogP contribution in [0.5, 0.6) is 0 Å². The predicted octanol–water partition coefficient (Wildman–Crippen LogP) is 3.55. The summed E-state index contributed by atoms with van der Waals surface area (Å²) in [6.07, 6.45) is 1.39. The van der Waals surface area contributed by atoms with Crippen LogP contribution in [0.25, 0.3) is 0 Å². The maximum atomic E-state index is 12.6. The van der Waals surface area contributed by atoms with Crippen molar-refractivity contribution >= 4 is 49.1 Å². The van der Waals surface area contributed by atoms with Crippen molar-refractivity contribution in [3.05, 3.63) is 77.2 Å². The average molecular weight is 492 g/mol. The molecule has 156 valence electrons. The Hall–Kier alpha value is -2.95. The molecule has 2 N–H and O–H groups in total. The molecule has 10 heteroatoms. The van der Waals surface area contributed by atoms with Gasteiger partial charge in [0, 0.05) is 22.9 Å². The van der Waals surface area contributed by atoms with E-state index in [9.17, 15) is 18.0 Å². The molecule has 0 aliphatic heterocycles. The molecule has 0 atom stereocenters. The van der Waals surface area contributed by atoms with E-state index in [4.69, 9.17) is 4.42 Å². The first kappa shape index (κ1) is 21.8. The largest absolute Gasteiger partial charge is 0.459 e. The molecule has 0 spiro atoms. The number of likely N-dealkylation sites (N-methyl/N-ethyl adjacent to an activating group) is 1. The van der Waals surface area contributed by atoms with E-state index in [1.54, 1.807) is 42.5 Å². The minimum absolute atomic E-state index is 0.0867. The van der Waals surface area contributed by atoms with Gasteiger partial charge in [0.25, 0.3) is 5.91 Å². The molecular weight excluding hydrogens is 474 g/mol. The summed E-state index contributed by atoms with van der Waals surface area (Å²) < 4.78 is 31.9. The number of hydrogen-bond donors (Lipinski definition) is 2. The van der Waals surface area contributed by atoms with Gasteiger partial charge in [0.1, 0.15) is 0 Å². The van der Waals surface area contributed by atoms with E-state index < -0.39 is 21.8 Å². The van der Waals surface area contributed by atoms with Crippen LogP contribution < -0.4 is 10.6 Å². The molecular formula is C20H18BrN3O5S. The number of benzene rings is 2. The molecule has 2 aromatic carbocycles. The van der Waals surface area contributed by atoms with Crippen molar-refractivity contribution in [3.8, 4) is 0 Å². The van der Waals surface area contributed by atoms with Gasteiger partial charge in [-0.25, -0.2) is 8.42 Å². The van der Waals surface area contributed by atoms with Gasteiger partial charge in [-0.15, -0.1) is 0 Å². The Bertz CT molecular complexity index is 1150. The van der Waals surface area contributed by atoms with Crippen molar-refractivity contribution in [2.45, 2.75) is 4.90 Å². The summed E-state index contributed by atoms with van der Waals surface area (Å²) >= 11 is 3.25. The fourth-order valence-corrected chi connectivity index (χ4v) is 3.94. The van der Waals surface area contributed by atoms with Crippen LogP contribution in [-0.4, -0.2) is 38.1 Å². The highest BCUT2D eigenvalue weighted by Crippen LogP contribution is 2.19. The summed E-state index contributed by atoms with van der Waals surface area (Å²) in [7, 11) is -2.48. The Balaban J connectivity index is 1.63. The Morgan fingerprint density at radius 1 is 1.00 bits per heavy atom. The summed E-state index contributed by atoms with van der Waals surface area (Å²) in [5.41, 5.74) is 0.858. The number of halogens is 1. The Morgan fingerprint density at radius 2 is 1.67 bits per heavy atom. The van der Waals surface area contributed by atoms with Gasteiger partial charge in [-0.05, 0) is 54.6 Å². The van der Waals surface area contributed by atoms with E-state index in [2.05, 4.69) is 26.6 Å². The Morgan fingerprint density at radius 3 is 2.30 bits per heavy atom. The second-order valence-corrected chi connectivity index (χ2v) is 9.24. The van der Waals surface area contributed by atoms with Gasteiger partial charge in [-0.3, -0.25) is 9.59 Å². The average Bonchev–Trinajstić information content (AvgIpc) is 3.23. The lowest BCUT2D eigenvalue weighted by atomic mass is 10.2. The number of nitrogens with one attached hydrogen (secondary N) is 2. The third-order valence-corrected chi connectivity index (χ3v) is 6.38. The van der Waals surface area contributed by atoms with Crippen LogP contribution in [0.3, 0.4) is 0 Å². The van der Waals surface area contributed by atoms with Crippen molar-refractivity contribution in [1.82, 2.24) is 4.31 Å². The van der Waals surface area contributed by atoms with E-state index in [-0.39, 0.29) is 17.2 Å². The summed E-state index contributed by atoms with van der Waals surface area (Å²) in [5, 5.41) is 5.28. The first-order valence-corrected chi connectivity index (χ1v) is 11.0. The monoisotopic (exact) mass is 491 g/mol. The van der Waals surface area contributed by atoms with Crippen molar-refractivity contribution in [3.63, 3.8) is 0 Å². The minimum atomic E-state index is -3.81. The quantitative estimate of drug-likeness (QED) is 0.525. The van der Waals surface area contributed by atoms with Crippen molar-refractivity contribution in [2.24, 2.45) is 0 Å². The van der Waals surface area contributed by atoms with Gasteiger partial charge >= 0.3 is 0 Å². The van der Waals surface area contributed by atoms with Crippen LogP contribution in [0.15, 0.2) is 80.7 Å². The predicted molar refractivity (Wildman–Crippen MR) is 116 cm³/mol. The first-order valence-electron chi connectivity index (χ1n) is 8.72. The number of sulfonamides is 1. The maximum Gasteiger partial charge on any atom is 0.291 e. The fraction of sp³-hybridized carbons (Fsp3) is 0.100. The van der Waals surface area contributed by atoms with E-state index in [0.29, 0.717) is 11.4 Å². The molecule has 0 aliphatic rings. The van der Waals surface area contributed by atoms with Crippen LogP contribution in [-0.2, 0) is 14.8 Å². The highest BCUT2D eigenvalue weighted by atomic mass is 79.9. The van der Waals surface area contributed by atoms with Crippen LogP contribution in [0.1, 0.15) is 10.6 Å². The first-order chi connectivity index (χ1) is 14.3. The smallest absolute Gasteiger partial charge is 0.291 e. The van der Waals surface area contributed by atoms with Crippen LogP contribution in [0, 0.1) is 0 Å². The number of amides is 2. The molecule has 0 unspecified atom stereocenters. The molecule has 0 fully saturated rings. The summed E-state index contributed by atoms with van der Waals surface area (Å²) in [6.45, 7) is -0.374. The summed E-state index contributed by atoms with van der Waals surface area (Å²) in [5.74, 6) is -0.791. The van der Waals surface area contributed by atoms with Crippen molar-refractivity contribution in [2.75, 3.05) is 24.2 Å². The van der Waals surface area contributed by atoms with Crippen molar-refractivity contribution < 1.29 is 22.4 Å². The topological polar surface area (TPSA) is 109 Å². The number of furan rings is 1. The lowest BCUT2D eigenvalue weighted by Gasteiger charge is -2.17. The maximum absolute atomic E-state index is 12.6. The molecule has 0 aliphatic carbocycles. The van der Waals surface area contributed by atoms with Crippen molar-refractivity contribution in [1.29, 1.82) is 0 Å². The van der Waals surface area contributed by atoms with E-state index >= 15 is 0 Å². The highest BCUT2D eigenvalue weighted by Gasteiger charge is 2.23. The number of nitrogens with zero attached hydrogens (tertiary/aromatic N) is 1. The second kappa shape index (κ2) is 9.24. The molecule has 0 bridgehead atoms. The molecule has 3 aromatic rings. The van der Waals surface area contributed by atoms with Gasteiger partial charge < -0.3 is 15.1 Å². The highest BCUT2D eigenvalue weighted by molar-refractivity contribution is 9.10. The normalized spacial score (nSPS) is 11.3. The van der Waals surface area contributed by atoms with E-state index in [1.165, 1.54) is 31.5 Å². The third kappa shape index (κ3) is 5.35. The Labute approximate surface area is 182 Å². The molecule has 2 amide bonds. The number of anilines is 2. The Kier molecular flexibility index (Phi) is 6.70. The molecule has 0 saturated heterocycles. The number of carbonyl (C=O) groups is 2. The van der Waals surface area contributed by atoms with Gasteiger partial charge in [-0.1, -0.05) is 22.0 Å². The minimum Gasteiger partial charge on any atom is -0.459 e. The molecule has 8 nitrogen and oxygen atoms in total. The third-order valence-electron chi connectivity index (χ3n) is 4.04. The lowest BCUT2D eigenvalue weighted by Crippen LogP contribution is -2.34. The van der Waals surface area contributed by atoms with E-state index in [0.717, 1.165) is 8.78 Å². The zero-order valence-electron chi connectivity index (χ0n) is 15.8. The van der Waals surface area contributed by atoms with E-state index in [1.807, 2.05) is 0 Å². The molecule has 0 radical (unpaired) electrons. The van der Waals surface area contributed by atoms with Gasteiger partial charge in [0.05, 0.1) is 17.7 Å². The lowest BCUT2D eigenvalue weighted by molar-refractivity contribution is -0.116. The van der Waals surface area contributed by atoms with Crippen LogP contribution in [0.2, 0.25) is 0 Å². The van der Waals surface area contributed by atoms with Crippen LogP contribution in [0.4, 0.5) is 11.4 Å². The molecule has 3 rings (SSSR count). The number of carbonyl (C=O) groups excluding carboxylic acids is 2. The standard InChI is InChI=1S/C20H18BrN3O5S/c1-24(30(27,28)17-9-7-14(21)8-10-17)13-19(25)22-15-4-2-5-16(12-15)23-20(26)18-6-3-11-29-18/h2-12H,13H2,1H3,(H,22,25)(H,23,26). The molecule has 30 heavy (non-hydrogen) atoms. The SMILES string of the molecule is CN(CC(=O)Nc1cccc(NC(=O)c2ccco2)c1)S(=O)(=O)c1ccc(Br)cc1. The molecule has 1 heterocycles. The zero-order valence-corrected chi connectivity index (χ0v) is 18.2. The van der Waals surface area contributed by atoms with Gasteiger partial charge in [-0.2, -0.15) is 4.31 Å². The summed E-state index contributed by atoms with van der Waals surface area (Å²) in [6, 6.07) is 15.8. The second-order valence-electron chi connectivity index (χ2n) is 6.28. The fourth-order valence-electron chi connectivity index (χ4n) is 2.55.